The van der Waals surface area contributed by atoms with Gasteiger partial charge in [-0.25, -0.2) is 0 Å². The Bertz CT molecular complexity index is 212. The van der Waals surface area contributed by atoms with E-state index in [9.17, 15) is 4.79 Å². The molecule has 3 nitrogen and oxygen atoms in total. The monoisotopic (exact) mass is 212 g/mol. The third-order valence-electron chi connectivity index (χ3n) is 2.92. The summed E-state index contributed by atoms with van der Waals surface area (Å²) in [4.78, 5) is 11.7. The van der Waals surface area contributed by atoms with Crippen LogP contribution in [0.1, 0.15) is 40.5 Å². The molecule has 1 saturated carbocycles. The highest BCUT2D eigenvalue weighted by Crippen LogP contribution is 2.32. The van der Waals surface area contributed by atoms with Crippen molar-refractivity contribution in [2.24, 2.45) is 11.8 Å². The second-order valence-electron chi connectivity index (χ2n) is 5.15. The van der Waals surface area contributed by atoms with E-state index >= 15 is 0 Å². The first-order valence-electron chi connectivity index (χ1n) is 6.04. The fraction of sp³-hybridized carbons (Fsp3) is 0.917. The van der Waals surface area contributed by atoms with E-state index in [1.165, 1.54) is 12.8 Å². The zero-order chi connectivity index (χ0) is 11.4. The topological polar surface area (TPSA) is 41.1 Å². The Labute approximate surface area is 93.0 Å². The summed E-state index contributed by atoms with van der Waals surface area (Å²) in [6.07, 6.45) is 2.63. The van der Waals surface area contributed by atoms with Gasteiger partial charge in [-0.3, -0.25) is 4.79 Å². The van der Waals surface area contributed by atoms with Crippen molar-refractivity contribution in [1.29, 1.82) is 0 Å². The van der Waals surface area contributed by atoms with E-state index in [1.54, 1.807) is 0 Å². The lowest BCUT2D eigenvalue weighted by molar-refractivity contribution is -0.123. The van der Waals surface area contributed by atoms with Crippen LogP contribution >= 0.6 is 0 Å². The molecule has 2 N–H and O–H groups in total. The Morgan fingerprint density at radius 3 is 2.33 bits per heavy atom. The van der Waals surface area contributed by atoms with Crippen LogP contribution in [0.15, 0.2) is 0 Å². The average Bonchev–Trinajstić information content (AvgIpc) is 2.96. The van der Waals surface area contributed by atoms with Gasteiger partial charge in [0.25, 0.3) is 0 Å². The Hall–Kier alpha value is -0.570. The number of hydrogen-bond donors (Lipinski definition) is 2. The van der Waals surface area contributed by atoms with E-state index in [2.05, 4.69) is 31.4 Å². The van der Waals surface area contributed by atoms with Crippen LogP contribution in [0.3, 0.4) is 0 Å². The molecule has 15 heavy (non-hydrogen) atoms. The minimum absolute atomic E-state index is 0.0700. The zero-order valence-electron chi connectivity index (χ0n) is 10.3. The van der Waals surface area contributed by atoms with Crippen molar-refractivity contribution < 1.29 is 4.79 Å². The maximum atomic E-state index is 11.7. The van der Waals surface area contributed by atoms with Crippen LogP contribution < -0.4 is 10.6 Å². The SMILES string of the molecule is CC(C)CNC(=O)C(C)NC(C)C1CC1. The molecule has 1 rings (SSSR count). The Balaban J connectivity index is 2.19. The molecule has 1 aliphatic rings. The quantitative estimate of drug-likeness (QED) is 0.701. The highest BCUT2D eigenvalue weighted by molar-refractivity contribution is 5.81. The van der Waals surface area contributed by atoms with Crippen molar-refractivity contribution in [2.45, 2.75) is 52.6 Å². The number of amides is 1. The first-order valence-corrected chi connectivity index (χ1v) is 6.04. The van der Waals surface area contributed by atoms with Crippen molar-refractivity contribution in [1.82, 2.24) is 10.6 Å². The molecule has 1 aliphatic carbocycles. The van der Waals surface area contributed by atoms with Gasteiger partial charge in [0, 0.05) is 12.6 Å². The predicted molar refractivity (Wildman–Crippen MR) is 62.6 cm³/mol. The van der Waals surface area contributed by atoms with Crippen LogP contribution in [-0.2, 0) is 4.79 Å². The van der Waals surface area contributed by atoms with Crippen LogP contribution in [0.4, 0.5) is 0 Å². The van der Waals surface area contributed by atoms with Crippen molar-refractivity contribution >= 4 is 5.91 Å². The third kappa shape index (κ3) is 4.65. The van der Waals surface area contributed by atoms with Gasteiger partial charge >= 0.3 is 0 Å². The van der Waals surface area contributed by atoms with E-state index in [0.29, 0.717) is 12.0 Å². The molecule has 0 aromatic heterocycles. The Morgan fingerprint density at radius 1 is 1.27 bits per heavy atom. The van der Waals surface area contributed by atoms with Gasteiger partial charge in [-0.1, -0.05) is 13.8 Å². The molecule has 2 atom stereocenters. The van der Waals surface area contributed by atoms with Gasteiger partial charge in [-0.2, -0.15) is 0 Å². The molecule has 0 aliphatic heterocycles. The molecule has 3 heteroatoms. The number of rotatable bonds is 6. The standard InChI is InChI=1S/C12H24N2O/c1-8(2)7-13-12(15)10(4)14-9(3)11-5-6-11/h8-11,14H,5-7H2,1-4H3,(H,13,15). The Morgan fingerprint density at radius 2 is 1.87 bits per heavy atom. The van der Waals surface area contributed by atoms with E-state index in [0.717, 1.165) is 12.5 Å². The molecule has 0 aromatic carbocycles. The second-order valence-corrected chi connectivity index (χ2v) is 5.15. The van der Waals surface area contributed by atoms with Gasteiger partial charge in [0.1, 0.15) is 0 Å². The normalized spacial score (nSPS) is 20.1. The highest BCUT2D eigenvalue weighted by atomic mass is 16.2. The predicted octanol–water partition coefficient (Wildman–Crippen LogP) is 1.54. The number of carbonyl (C=O) groups excluding carboxylic acids is 1. The second kappa shape index (κ2) is 5.50. The summed E-state index contributed by atoms with van der Waals surface area (Å²) in [6.45, 7) is 9.08. The third-order valence-corrected chi connectivity index (χ3v) is 2.92. The molecule has 0 radical (unpaired) electrons. The molecular formula is C12H24N2O. The lowest BCUT2D eigenvalue weighted by atomic mass is 10.1. The lowest BCUT2D eigenvalue weighted by Crippen LogP contribution is -2.47. The molecule has 0 bridgehead atoms. The van der Waals surface area contributed by atoms with Crippen LogP contribution in [0.2, 0.25) is 0 Å². The minimum atomic E-state index is -0.0700. The molecule has 1 fully saturated rings. The molecule has 0 saturated heterocycles. The van der Waals surface area contributed by atoms with E-state index < -0.39 is 0 Å². The average molecular weight is 212 g/mol. The summed E-state index contributed by atoms with van der Waals surface area (Å²) in [6, 6.07) is 0.407. The van der Waals surface area contributed by atoms with E-state index in [4.69, 9.17) is 0 Å². The number of nitrogens with one attached hydrogen (secondary N) is 2. The smallest absolute Gasteiger partial charge is 0.236 e. The zero-order valence-corrected chi connectivity index (χ0v) is 10.3. The summed E-state index contributed by atoms with van der Waals surface area (Å²) < 4.78 is 0. The van der Waals surface area contributed by atoms with Gasteiger partial charge in [-0.05, 0) is 38.5 Å². The highest BCUT2D eigenvalue weighted by Gasteiger charge is 2.29. The van der Waals surface area contributed by atoms with E-state index in [1.807, 2.05) is 6.92 Å². The maximum absolute atomic E-state index is 11.7. The molecule has 0 spiro atoms. The molecular weight excluding hydrogens is 188 g/mol. The largest absolute Gasteiger partial charge is 0.354 e. The summed E-state index contributed by atoms with van der Waals surface area (Å²) in [5, 5.41) is 6.30. The Kier molecular flexibility index (Phi) is 4.58. The van der Waals surface area contributed by atoms with Crippen LogP contribution in [-0.4, -0.2) is 24.5 Å². The number of carbonyl (C=O) groups is 1. The van der Waals surface area contributed by atoms with Gasteiger partial charge in [-0.15, -0.1) is 0 Å². The van der Waals surface area contributed by atoms with Crippen LogP contribution in [0.25, 0.3) is 0 Å². The summed E-state index contributed by atoms with van der Waals surface area (Å²) >= 11 is 0. The fourth-order valence-electron chi connectivity index (χ4n) is 1.66. The van der Waals surface area contributed by atoms with Crippen molar-refractivity contribution in [3.8, 4) is 0 Å². The number of hydrogen-bond acceptors (Lipinski definition) is 2. The molecule has 88 valence electrons. The fourth-order valence-corrected chi connectivity index (χ4v) is 1.66. The van der Waals surface area contributed by atoms with E-state index in [-0.39, 0.29) is 11.9 Å². The van der Waals surface area contributed by atoms with Crippen molar-refractivity contribution in [3.63, 3.8) is 0 Å². The summed E-state index contributed by atoms with van der Waals surface area (Å²) in [5.74, 6) is 1.43. The van der Waals surface area contributed by atoms with Gasteiger partial charge in [0.15, 0.2) is 0 Å². The summed E-state index contributed by atoms with van der Waals surface area (Å²) in [5.41, 5.74) is 0. The minimum Gasteiger partial charge on any atom is -0.354 e. The molecule has 0 aromatic rings. The first-order chi connectivity index (χ1) is 7.00. The summed E-state index contributed by atoms with van der Waals surface area (Å²) in [7, 11) is 0. The van der Waals surface area contributed by atoms with Gasteiger partial charge in [0.2, 0.25) is 5.91 Å². The maximum Gasteiger partial charge on any atom is 0.236 e. The first kappa shape index (κ1) is 12.5. The van der Waals surface area contributed by atoms with Gasteiger partial charge in [0.05, 0.1) is 6.04 Å². The van der Waals surface area contributed by atoms with Crippen LogP contribution in [0.5, 0.6) is 0 Å². The lowest BCUT2D eigenvalue weighted by Gasteiger charge is -2.19. The van der Waals surface area contributed by atoms with Crippen molar-refractivity contribution in [3.05, 3.63) is 0 Å². The van der Waals surface area contributed by atoms with Crippen molar-refractivity contribution in [2.75, 3.05) is 6.54 Å². The molecule has 1 amide bonds. The molecule has 0 heterocycles. The van der Waals surface area contributed by atoms with Crippen LogP contribution in [0, 0.1) is 11.8 Å². The molecule has 2 unspecified atom stereocenters. The van der Waals surface area contributed by atoms with Gasteiger partial charge < -0.3 is 10.6 Å².